The summed E-state index contributed by atoms with van der Waals surface area (Å²) in [6.07, 6.45) is 1.11. The van der Waals surface area contributed by atoms with E-state index in [1.54, 1.807) is 30.3 Å². The minimum absolute atomic E-state index is 0.140. The Labute approximate surface area is 140 Å². The van der Waals surface area contributed by atoms with E-state index in [1.165, 1.54) is 12.1 Å². The lowest BCUT2D eigenvalue weighted by Gasteiger charge is -2.09. The second kappa shape index (κ2) is 7.02. The predicted octanol–water partition coefficient (Wildman–Crippen LogP) is 3.07. The SMILES string of the molecule is Cc1ccc(NC(=O)COc2cccc(S(C)(=O)=O)c2)cc1Cl. The minimum atomic E-state index is -3.32. The summed E-state index contributed by atoms with van der Waals surface area (Å²) in [6.45, 7) is 1.63. The summed E-state index contributed by atoms with van der Waals surface area (Å²) < 4.78 is 28.3. The fraction of sp³-hybridized carbons (Fsp3) is 0.188. The third-order valence-electron chi connectivity index (χ3n) is 3.06. The van der Waals surface area contributed by atoms with Crippen molar-refractivity contribution >= 4 is 33.0 Å². The van der Waals surface area contributed by atoms with Gasteiger partial charge in [-0.15, -0.1) is 0 Å². The monoisotopic (exact) mass is 353 g/mol. The lowest BCUT2D eigenvalue weighted by molar-refractivity contribution is -0.118. The Morgan fingerprint density at radius 3 is 2.61 bits per heavy atom. The number of benzene rings is 2. The molecule has 0 aliphatic carbocycles. The van der Waals surface area contributed by atoms with Gasteiger partial charge in [-0.1, -0.05) is 23.7 Å². The molecular formula is C16H16ClNO4S. The van der Waals surface area contributed by atoms with Gasteiger partial charge in [0.2, 0.25) is 0 Å². The molecule has 23 heavy (non-hydrogen) atoms. The van der Waals surface area contributed by atoms with Crippen LogP contribution in [0.4, 0.5) is 5.69 Å². The van der Waals surface area contributed by atoms with E-state index in [4.69, 9.17) is 16.3 Å². The maximum absolute atomic E-state index is 11.9. The van der Waals surface area contributed by atoms with Crippen molar-refractivity contribution in [2.24, 2.45) is 0 Å². The molecule has 0 aromatic heterocycles. The van der Waals surface area contributed by atoms with E-state index >= 15 is 0 Å². The van der Waals surface area contributed by atoms with Crippen LogP contribution in [0.3, 0.4) is 0 Å². The maximum Gasteiger partial charge on any atom is 0.262 e. The summed E-state index contributed by atoms with van der Waals surface area (Å²) in [6, 6.07) is 11.2. The van der Waals surface area contributed by atoms with Gasteiger partial charge in [0.15, 0.2) is 16.4 Å². The Hall–Kier alpha value is -2.05. The van der Waals surface area contributed by atoms with Gasteiger partial charge >= 0.3 is 0 Å². The van der Waals surface area contributed by atoms with Gasteiger partial charge in [0.25, 0.3) is 5.91 Å². The number of sulfone groups is 1. The van der Waals surface area contributed by atoms with Crippen molar-refractivity contribution in [1.29, 1.82) is 0 Å². The molecule has 2 aromatic rings. The van der Waals surface area contributed by atoms with Crippen LogP contribution in [-0.4, -0.2) is 27.2 Å². The summed E-state index contributed by atoms with van der Waals surface area (Å²) in [5.41, 5.74) is 1.48. The number of hydrogen-bond acceptors (Lipinski definition) is 4. The molecule has 122 valence electrons. The van der Waals surface area contributed by atoms with Gasteiger partial charge in [0, 0.05) is 17.0 Å². The van der Waals surface area contributed by atoms with Crippen LogP contribution < -0.4 is 10.1 Å². The number of halogens is 1. The molecule has 7 heteroatoms. The first-order valence-corrected chi connectivity index (χ1v) is 9.01. The van der Waals surface area contributed by atoms with Crippen molar-refractivity contribution in [2.75, 3.05) is 18.2 Å². The molecule has 5 nitrogen and oxygen atoms in total. The number of amides is 1. The zero-order chi connectivity index (χ0) is 17.0. The highest BCUT2D eigenvalue weighted by molar-refractivity contribution is 7.90. The molecule has 0 heterocycles. The van der Waals surface area contributed by atoms with Crippen LogP contribution in [0.1, 0.15) is 5.56 Å². The van der Waals surface area contributed by atoms with Crippen molar-refractivity contribution in [3.8, 4) is 5.75 Å². The van der Waals surface area contributed by atoms with E-state index in [0.29, 0.717) is 16.5 Å². The molecule has 0 radical (unpaired) electrons. The van der Waals surface area contributed by atoms with Crippen LogP contribution in [0.2, 0.25) is 5.02 Å². The number of carbonyl (C=O) groups is 1. The Balaban J connectivity index is 1.98. The molecule has 2 rings (SSSR count). The molecule has 0 fully saturated rings. The van der Waals surface area contributed by atoms with E-state index < -0.39 is 9.84 Å². The molecule has 2 aromatic carbocycles. The second-order valence-corrected chi connectivity index (χ2v) is 7.47. The fourth-order valence-corrected chi connectivity index (χ4v) is 2.65. The lowest BCUT2D eigenvalue weighted by Crippen LogP contribution is -2.20. The normalized spacial score (nSPS) is 11.1. The van der Waals surface area contributed by atoms with Crippen LogP contribution in [0.25, 0.3) is 0 Å². The zero-order valence-electron chi connectivity index (χ0n) is 12.7. The van der Waals surface area contributed by atoms with Crippen LogP contribution >= 0.6 is 11.6 Å². The third-order valence-corrected chi connectivity index (χ3v) is 4.58. The summed E-state index contributed by atoms with van der Waals surface area (Å²) in [5, 5.41) is 3.22. The highest BCUT2D eigenvalue weighted by Gasteiger charge is 2.09. The van der Waals surface area contributed by atoms with E-state index in [2.05, 4.69) is 5.32 Å². The molecule has 0 bridgehead atoms. The molecule has 0 saturated carbocycles. The van der Waals surface area contributed by atoms with E-state index in [-0.39, 0.29) is 17.4 Å². The number of anilines is 1. The number of rotatable bonds is 5. The van der Waals surface area contributed by atoms with Crippen LogP contribution in [0.15, 0.2) is 47.4 Å². The molecule has 1 N–H and O–H groups in total. The van der Waals surface area contributed by atoms with Crippen LogP contribution in [-0.2, 0) is 14.6 Å². The van der Waals surface area contributed by atoms with Gasteiger partial charge in [-0.05, 0) is 42.8 Å². The third kappa shape index (κ3) is 4.97. The lowest BCUT2D eigenvalue weighted by atomic mass is 10.2. The number of nitrogens with one attached hydrogen (secondary N) is 1. The Morgan fingerprint density at radius 1 is 1.22 bits per heavy atom. The number of carbonyl (C=O) groups excluding carboxylic acids is 1. The molecule has 1 amide bonds. The van der Waals surface area contributed by atoms with Crippen molar-refractivity contribution in [2.45, 2.75) is 11.8 Å². The first-order valence-electron chi connectivity index (χ1n) is 6.74. The Bertz CT molecular complexity index is 834. The fourth-order valence-electron chi connectivity index (χ4n) is 1.81. The summed E-state index contributed by atoms with van der Waals surface area (Å²) >= 11 is 5.99. The molecular weight excluding hydrogens is 338 g/mol. The van der Waals surface area contributed by atoms with Crippen LogP contribution in [0.5, 0.6) is 5.75 Å². The maximum atomic E-state index is 11.9. The zero-order valence-corrected chi connectivity index (χ0v) is 14.2. The van der Waals surface area contributed by atoms with Crippen molar-refractivity contribution in [3.63, 3.8) is 0 Å². The smallest absolute Gasteiger partial charge is 0.262 e. The van der Waals surface area contributed by atoms with Gasteiger partial charge in [-0.25, -0.2) is 8.42 Å². The van der Waals surface area contributed by atoms with E-state index in [0.717, 1.165) is 11.8 Å². The van der Waals surface area contributed by atoms with Gasteiger partial charge in [-0.2, -0.15) is 0 Å². The average molecular weight is 354 g/mol. The quantitative estimate of drug-likeness (QED) is 0.896. The van der Waals surface area contributed by atoms with Gasteiger partial charge < -0.3 is 10.1 Å². The molecule has 0 spiro atoms. The highest BCUT2D eigenvalue weighted by Crippen LogP contribution is 2.20. The van der Waals surface area contributed by atoms with E-state index in [1.807, 2.05) is 6.92 Å². The van der Waals surface area contributed by atoms with E-state index in [9.17, 15) is 13.2 Å². The van der Waals surface area contributed by atoms with Crippen molar-refractivity contribution < 1.29 is 17.9 Å². The predicted molar refractivity (Wildman–Crippen MR) is 89.9 cm³/mol. The topological polar surface area (TPSA) is 72.5 Å². The average Bonchev–Trinajstić information content (AvgIpc) is 2.48. The minimum Gasteiger partial charge on any atom is -0.484 e. The van der Waals surface area contributed by atoms with Crippen molar-refractivity contribution in [3.05, 3.63) is 53.1 Å². The molecule has 0 unspecified atom stereocenters. The Morgan fingerprint density at radius 2 is 1.96 bits per heavy atom. The summed E-state index contributed by atoms with van der Waals surface area (Å²) in [5.74, 6) is -0.0558. The molecule has 0 saturated heterocycles. The van der Waals surface area contributed by atoms with Crippen LogP contribution in [0, 0.1) is 6.92 Å². The first-order chi connectivity index (χ1) is 10.8. The van der Waals surface area contributed by atoms with Gasteiger partial charge in [0.05, 0.1) is 4.90 Å². The van der Waals surface area contributed by atoms with Gasteiger partial charge in [0.1, 0.15) is 5.75 Å². The van der Waals surface area contributed by atoms with Gasteiger partial charge in [-0.3, -0.25) is 4.79 Å². The summed E-state index contributed by atoms with van der Waals surface area (Å²) in [7, 11) is -3.32. The largest absolute Gasteiger partial charge is 0.484 e. The number of hydrogen-bond donors (Lipinski definition) is 1. The number of aryl methyl sites for hydroxylation is 1. The standard InChI is InChI=1S/C16H16ClNO4S/c1-11-6-7-12(8-15(11)17)18-16(19)10-22-13-4-3-5-14(9-13)23(2,20)21/h3-9H,10H2,1-2H3,(H,18,19). The first kappa shape index (κ1) is 17.3. The summed E-state index contributed by atoms with van der Waals surface area (Å²) in [4.78, 5) is 12.0. The molecule has 0 aliphatic heterocycles. The Kier molecular flexibility index (Phi) is 5.28. The number of ether oxygens (including phenoxy) is 1. The second-order valence-electron chi connectivity index (χ2n) is 5.05. The molecule has 0 atom stereocenters. The van der Waals surface area contributed by atoms with Crippen molar-refractivity contribution in [1.82, 2.24) is 0 Å². The highest BCUT2D eigenvalue weighted by atomic mass is 35.5. The molecule has 0 aliphatic rings.